The summed E-state index contributed by atoms with van der Waals surface area (Å²) in [5.74, 6) is -0.790. The monoisotopic (exact) mass is 288 g/mol. The van der Waals surface area contributed by atoms with Crippen molar-refractivity contribution in [3.05, 3.63) is 29.6 Å². The van der Waals surface area contributed by atoms with Crippen molar-refractivity contribution in [2.45, 2.75) is 36.9 Å². The molecule has 2 rings (SSSR count). The molecule has 0 saturated carbocycles. The van der Waals surface area contributed by atoms with Crippen molar-refractivity contribution >= 4 is 10.0 Å². The highest BCUT2D eigenvalue weighted by Crippen LogP contribution is 2.19. The highest BCUT2D eigenvalue weighted by atomic mass is 32.2. The smallest absolute Gasteiger partial charge is 0.243 e. The first kappa shape index (κ1) is 14.4. The average molecular weight is 288 g/mol. The van der Waals surface area contributed by atoms with Crippen molar-refractivity contribution in [2.24, 2.45) is 5.73 Å². The van der Waals surface area contributed by atoms with Gasteiger partial charge in [0.1, 0.15) is 10.7 Å². The maximum atomic E-state index is 13.8. The van der Waals surface area contributed by atoms with Crippen LogP contribution in [0.3, 0.4) is 0 Å². The molecule has 1 aromatic rings. The predicted octanol–water partition coefficient (Wildman–Crippen LogP) is 0.740. The van der Waals surface area contributed by atoms with Gasteiger partial charge < -0.3 is 10.5 Å². The summed E-state index contributed by atoms with van der Waals surface area (Å²) in [7, 11) is -3.88. The predicted molar refractivity (Wildman–Crippen MR) is 68.4 cm³/mol. The third-order valence-corrected chi connectivity index (χ3v) is 4.73. The molecule has 3 N–H and O–H groups in total. The van der Waals surface area contributed by atoms with E-state index in [9.17, 15) is 12.8 Å². The zero-order chi connectivity index (χ0) is 14.0. The largest absolute Gasteiger partial charge is 0.377 e. The van der Waals surface area contributed by atoms with Gasteiger partial charge in [0.2, 0.25) is 10.0 Å². The number of hydrogen-bond donors (Lipinski definition) is 2. The Morgan fingerprint density at radius 1 is 1.53 bits per heavy atom. The third kappa shape index (κ3) is 3.11. The lowest BCUT2D eigenvalue weighted by molar-refractivity contribution is 0.117. The highest BCUT2D eigenvalue weighted by Gasteiger charge is 2.30. The molecule has 0 aromatic heterocycles. The Morgan fingerprint density at radius 3 is 2.79 bits per heavy atom. The molecule has 2 atom stereocenters. The standard InChI is InChI=1S/C12H17FN2O3S/c1-8-11(4-5-18-8)15-19(16,17)12-3-2-9(7-14)6-10(12)13/h2-3,6,8,11,15H,4-5,7,14H2,1H3. The number of benzene rings is 1. The lowest BCUT2D eigenvalue weighted by atomic mass is 10.2. The van der Waals surface area contributed by atoms with Crippen molar-refractivity contribution in [3.8, 4) is 0 Å². The lowest BCUT2D eigenvalue weighted by Gasteiger charge is -2.16. The summed E-state index contributed by atoms with van der Waals surface area (Å²) in [5, 5.41) is 0. The van der Waals surface area contributed by atoms with Crippen LogP contribution in [0.5, 0.6) is 0 Å². The summed E-state index contributed by atoms with van der Waals surface area (Å²) in [4.78, 5) is -0.358. The normalized spacial score (nSPS) is 23.7. The van der Waals surface area contributed by atoms with Crippen LogP contribution in [0.4, 0.5) is 4.39 Å². The Balaban J connectivity index is 2.24. The van der Waals surface area contributed by atoms with Gasteiger partial charge in [0.25, 0.3) is 0 Å². The maximum absolute atomic E-state index is 13.8. The topological polar surface area (TPSA) is 81.4 Å². The zero-order valence-electron chi connectivity index (χ0n) is 10.6. The summed E-state index contributed by atoms with van der Waals surface area (Å²) < 4.78 is 45.8. The van der Waals surface area contributed by atoms with Gasteiger partial charge in [-0.05, 0) is 31.0 Å². The summed E-state index contributed by atoms with van der Waals surface area (Å²) in [5.41, 5.74) is 5.93. The third-order valence-electron chi connectivity index (χ3n) is 3.20. The van der Waals surface area contributed by atoms with Crippen LogP contribution in [0.25, 0.3) is 0 Å². The highest BCUT2D eigenvalue weighted by molar-refractivity contribution is 7.89. The van der Waals surface area contributed by atoms with E-state index in [1.807, 2.05) is 0 Å². The van der Waals surface area contributed by atoms with Gasteiger partial charge >= 0.3 is 0 Å². The van der Waals surface area contributed by atoms with Crippen LogP contribution >= 0.6 is 0 Å². The molecule has 19 heavy (non-hydrogen) atoms. The van der Waals surface area contributed by atoms with Gasteiger partial charge in [-0.15, -0.1) is 0 Å². The molecule has 1 aromatic carbocycles. The fourth-order valence-corrected chi connectivity index (χ4v) is 3.44. The van der Waals surface area contributed by atoms with Crippen LogP contribution in [0.15, 0.2) is 23.1 Å². The first-order chi connectivity index (χ1) is 8.94. The Hall–Kier alpha value is -1.02. The molecule has 0 spiro atoms. The molecule has 2 unspecified atom stereocenters. The molecule has 0 radical (unpaired) electrons. The Bertz CT molecular complexity index is 562. The van der Waals surface area contributed by atoms with Gasteiger partial charge in [0.05, 0.1) is 12.1 Å². The molecule has 1 heterocycles. The SMILES string of the molecule is CC1OCCC1NS(=O)(=O)c1ccc(CN)cc1F. The number of nitrogens with one attached hydrogen (secondary N) is 1. The molecule has 106 valence electrons. The fraction of sp³-hybridized carbons (Fsp3) is 0.500. The van der Waals surface area contributed by atoms with E-state index in [2.05, 4.69) is 4.72 Å². The summed E-state index contributed by atoms with van der Waals surface area (Å²) in [6, 6.07) is 3.56. The number of nitrogens with two attached hydrogens (primary N) is 1. The summed E-state index contributed by atoms with van der Waals surface area (Å²) in [6.07, 6.45) is 0.379. The molecule has 0 bridgehead atoms. The molecule has 1 aliphatic heterocycles. The Morgan fingerprint density at radius 2 is 2.26 bits per heavy atom. The quantitative estimate of drug-likeness (QED) is 0.856. The van der Waals surface area contributed by atoms with E-state index in [0.29, 0.717) is 18.6 Å². The number of rotatable bonds is 4. The van der Waals surface area contributed by atoms with Crippen molar-refractivity contribution in [3.63, 3.8) is 0 Å². The molecular weight excluding hydrogens is 271 g/mol. The van der Waals surface area contributed by atoms with Gasteiger partial charge in [-0.3, -0.25) is 0 Å². The van der Waals surface area contributed by atoms with Crippen molar-refractivity contribution < 1.29 is 17.5 Å². The number of ether oxygens (including phenoxy) is 1. The Kier molecular flexibility index (Phi) is 4.19. The molecule has 0 aliphatic carbocycles. The van der Waals surface area contributed by atoms with E-state index in [-0.39, 0.29) is 23.6 Å². The van der Waals surface area contributed by atoms with Gasteiger partial charge in [-0.25, -0.2) is 17.5 Å². The van der Waals surface area contributed by atoms with Gasteiger partial charge in [0.15, 0.2) is 0 Å². The van der Waals surface area contributed by atoms with Crippen LogP contribution in [0.1, 0.15) is 18.9 Å². The molecular formula is C12H17FN2O3S. The van der Waals surface area contributed by atoms with E-state index in [1.54, 1.807) is 6.92 Å². The second-order valence-corrected chi connectivity index (χ2v) is 6.24. The minimum Gasteiger partial charge on any atom is -0.377 e. The Labute approximate surface area is 112 Å². The maximum Gasteiger partial charge on any atom is 0.243 e. The summed E-state index contributed by atoms with van der Waals surface area (Å²) >= 11 is 0. The van der Waals surface area contributed by atoms with Crippen molar-refractivity contribution in [1.29, 1.82) is 0 Å². The van der Waals surface area contributed by atoms with Gasteiger partial charge in [-0.2, -0.15) is 0 Å². The van der Waals surface area contributed by atoms with E-state index in [4.69, 9.17) is 10.5 Å². The number of hydrogen-bond acceptors (Lipinski definition) is 4. The van der Waals surface area contributed by atoms with E-state index in [0.717, 1.165) is 6.07 Å². The molecule has 0 amide bonds. The van der Waals surface area contributed by atoms with E-state index >= 15 is 0 Å². The molecule has 7 heteroatoms. The number of halogens is 1. The molecule has 1 fully saturated rings. The van der Waals surface area contributed by atoms with Crippen LogP contribution in [-0.2, 0) is 21.3 Å². The van der Waals surface area contributed by atoms with Crippen LogP contribution in [0.2, 0.25) is 0 Å². The van der Waals surface area contributed by atoms with E-state index < -0.39 is 15.8 Å². The fourth-order valence-electron chi connectivity index (χ4n) is 2.04. The average Bonchev–Trinajstić information content (AvgIpc) is 2.73. The van der Waals surface area contributed by atoms with Crippen molar-refractivity contribution in [2.75, 3.05) is 6.61 Å². The second kappa shape index (κ2) is 5.54. The molecule has 1 saturated heterocycles. The zero-order valence-corrected chi connectivity index (χ0v) is 11.4. The van der Waals surface area contributed by atoms with Gasteiger partial charge in [0, 0.05) is 13.2 Å². The van der Waals surface area contributed by atoms with Crippen molar-refractivity contribution in [1.82, 2.24) is 4.72 Å². The minimum atomic E-state index is -3.88. The molecule has 5 nitrogen and oxygen atoms in total. The van der Waals surface area contributed by atoms with Gasteiger partial charge in [-0.1, -0.05) is 6.07 Å². The second-order valence-electron chi connectivity index (χ2n) is 4.56. The number of sulfonamides is 1. The van der Waals surface area contributed by atoms with Crippen LogP contribution < -0.4 is 10.5 Å². The lowest BCUT2D eigenvalue weighted by Crippen LogP contribution is -2.39. The molecule has 1 aliphatic rings. The summed E-state index contributed by atoms with van der Waals surface area (Å²) in [6.45, 7) is 2.45. The minimum absolute atomic E-state index is 0.165. The van der Waals surface area contributed by atoms with E-state index in [1.165, 1.54) is 12.1 Å². The first-order valence-electron chi connectivity index (χ1n) is 6.06. The first-order valence-corrected chi connectivity index (χ1v) is 7.55. The van der Waals surface area contributed by atoms with Crippen LogP contribution in [0, 0.1) is 5.82 Å². The van der Waals surface area contributed by atoms with Crippen LogP contribution in [-0.4, -0.2) is 27.2 Å².